The zero-order chi connectivity index (χ0) is 8.53. The lowest BCUT2D eigenvalue weighted by atomic mass is 10.6. The Morgan fingerprint density at radius 1 is 1.64 bits per heavy atom. The van der Waals surface area contributed by atoms with Crippen molar-refractivity contribution < 1.29 is 19.4 Å². The van der Waals surface area contributed by atoms with E-state index < -0.39 is 6.16 Å². The fourth-order valence-corrected chi connectivity index (χ4v) is 0.313. The Kier molecular flexibility index (Phi) is 6.02. The van der Waals surface area contributed by atoms with E-state index in [1.807, 2.05) is 0 Å². The Bertz CT molecular complexity index is 151. The van der Waals surface area contributed by atoms with E-state index >= 15 is 0 Å². The molecule has 0 radical (unpaired) electrons. The molecule has 0 saturated carbocycles. The fraction of sp³-hybridized carbons (Fsp3) is 0.286. The highest BCUT2D eigenvalue weighted by molar-refractivity contribution is 5.60. The molecule has 0 heterocycles. The van der Waals surface area contributed by atoms with Gasteiger partial charge in [-0.2, -0.15) is 0 Å². The van der Waals surface area contributed by atoms with Gasteiger partial charge in [-0.15, -0.1) is 0 Å². The Hall–Kier alpha value is -1.29. The Morgan fingerprint density at radius 2 is 2.36 bits per heavy atom. The smallest absolute Gasteiger partial charge is 0.432 e. The van der Waals surface area contributed by atoms with Crippen LogP contribution in [0.3, 0.4) is 0 Å². The van der Waals surface area contributed by atoms with Crippen molar-refractivity contribution in [1.29, 1.82) is 0 Å². The zero-order valence-electron chi connectivity index (χ0n) is 6.03. The molecule has 0 bridgehead atoms. The molecule has 0 aliphatic rings. The fourth-order valence-electron chi connectivity index (χ4n) is 0.313. The first-order valence-corrected chi connectivity index (χ1v) is 3.03. The van der Waals surface area contributed by atoms with Gasteiger partial charge in [0.1, 0.15) is 6.61 Å². The number of rotatable bonds is 4. The summed E-state index contributed by atoms with van der Waals surface area (Å²) in [4.78, 5) is 10.4. The molecule has 0 saturated heterocycles. The van der Waals surface area contributed by atoms with Gasteiger partial charge in [0.2, 0.25) is 0 Å². The van der Waals surface area contributed by atoms with E-state index in [2.05, 4.69) is 16.1 Å². The number of carbonyl (C=O) groups is 1. The minimum absolute atomic E-state index is 0.0548. The van der Waals surface area contributed by atoms with Crippen LogP contribution in [0.5, 0.6) is 0 Å². The highest BCUT2D eigenvalue weighted by Gasteiger charge is 1.98. The lowest BCUT2D eigenvalue weighted by Crippen LogP contribution is -2.07. The highest BCUT2D eigenvalue weighted by atomic mass is 16.7. The highest BCUT2D eigenvalue weighted by Crippen LogP contribution is 1.85. The van der Waals surface area contributed by atoms with E-state index in [0.29, 0.717) is 0 Å². The van der Waals surface area contributed by atoms with Crippen molar-refractivity contribution in [3.63, 3.8) is 0 Å². The summed E-state index contributed by atoms with van der Waals surface area (Å²) in [5, 5.41) is 8.22. The van der Waals surface area contributed by atoms with E-state index in [4.69, 9.17) is 5.11 Å². The summed E-state index contributed by atoms with van der Waals surface area (Å²) in [6, 6.07) is 0. The average Bonchev–Trinajstić information content (AvgIpc) is 2.01. The number of hydrogen-bond acceptors (Lipinski definition) is 4. The number of carbonyl (C=O) groups excluding carboxylic acids is 1. The van der Waals surface area contributed by atoms with Crippen LogP contribution in [0.2, 0.25) is 0 Å². The molecule has 0 rings (SSSR count). The average molecular weight is 158 g/mol. The van der Waals surface area contributed by atoms with Crippen molar-refractivity contribution in [2.24, 2.45) is 0 Å². The molecule has 4 heteroatoms. The number of ether oxygens (including phenoxy) is 2. The minimum atomic E-state index is -0.836. The molecule has 0 aliphatic carbocycles. The van der Waals surface area contributed by atoms with Crippen LogP contribution >= 0.6 is 0 Å². The van der Waals surface area contributed by atoms with Crippen LogP contribution in [-0.4, -0.2) is 24.5 Å². The third-order valence-corrected chi connectivity index (χ3v) is 0.690. The van der Waals surface area contributed by atoms with Crippen molar-refractivity contribution in [2.75, 3.05) is 13.2 Å². The van der Waals surface area contributed by atoms with Crippen LogP contribution in [0.25, 0.3) is 0 Å². The first kappa shape index (κ1) is 9.71. The molecule has 11 heavy (non-hydrogen) atoms. The van der Waals surface area contributed by atoms with Gasteiger partial charge in [-0.1, -0.05) is 12.7 Å². The molecule has 62 valence electrons. The van der Waals surface area contributed by atoms with Crippen molar-refractivity contribution in [2.45, 2.75) is 0 Å². The topological polar surface area (TPSA) is 55.8 Å². The van der Waals surface area contributed by atoms with Crippen LogP contribution in [0, 0.1) is 0 Å². The molecule has 0 fully saturated rings. The van der Waals surface area contributed by atoms with Gasteiger partial charge in [0.05, 0.1) is 12.9 Å². The molecule has 0 spiro atoms. The van der Waals surface area contributed by atoms with E-state index in [1.54, 1.807) is 0 Å². The predicted molar refractivity (Wildman–Crippen MR) is 38.9 cm³/mol. The number of aliphatic hydroxyl groups is 1. The monoisotopic (exact) mass is 158 g/mol. The molecule has 1 N–H and O–H groups in total. The third-order valence-electron chi connectivity index (χ3n) is 0.690. The summed E-state index contributed by atoms with van der Waals surface area (Å²) in [7, 11) is 0. The summed E-state index contributed by atoms with van der Waals surface area (Å²) < 4.78 is 8.70. The summed E-state index contributed by atoms with van der Waals surface area (Å²) in [5.41, 5.74) is 0. The Morgan fingerprint density at radius 3 is 2.91 bits per heavy atom. The Balaban J connectivity index is 3.36. The number of aliphatic hydroxyl groups excluding tert-OH is 1. The first-order chi connectivity index (χ1) is 5.31. The minimum Gasteiger partial charge on any atom is -0.432 e. The standard InChI is InChI=1S/C7H10O4/c1-2-3-5-10-7(9)11-6-4-8/h2-3,5,8H,1,4,6H2. The quantitative estimate of drug-likeness (QED) is 0.374. The van der Waals surface area contributed by atoms with Crippen LogP contribution in [0.1, 0.15) is 0 Å². The van der Waals surface area contributed by atoms with E-state index in [0.717, 1.165) is 6.26 Å². The van der Waals surface area contributed by atoms with Crippen molar-refractivity contribution in [1.82, 2.24) is 0 Å². The summed E-state index contributed by atoms with van der Waals surface area (Å²) in [6.45, 7) is 3.10. The van der Waals surface area contributed by atoms with Gasteiger partial charge in [-0.05, 0) is 6.08 Å². The van der Waals surface area contributed by atoms with Gasteiger partial charge in [-0.25, -0.2) is 4.79 Å². The van der Waals surface area contributed by atoms with Gasteiger partial charge in [-0.3, -0.25) is 0 Å². The van der Waals surface area contributed by atoms with Crippen molar-refractivity contribution in [3.8, 4) is 0 Å². The summed E-state index contributed by atoms with van der Waals surface area (Å²) in [6.07, 6.45) is 3.21. The third kappa shape index (κ3) is 6.60. The Labute approximate surface area is 64.7 Å². The number of hydrogen-bond donors (Lipinski definition) is 1. The summed E-state index contributed by atoms with van der Waals surface area (Å²) >= 11 is 0. The second kappa shape index (κ2) is 6.82. The lowest BCUT2D eigenvalue weighted by molar-refractivity contribution is 0.0686. The normalized spacial score (nSPS) is 9.55. The molecule has 0 atom stereocenters. The van der Waals surface area contributed by atoms with E-state index in [9.17, 15) is 4.79 Å². The second-order valence-corrected chi connectivity index (χ2v) is 1.50. The molecule has 4 nitrogen and oxygen atoms in total. The first-order valence-electron chi connectivity index (χ1n) is 3.03. The van der Waals surface area contributed by atoms with Gasteiger partial charge < -0.3 is 14.6 Å². The SMILES string of the molecule is C=CC=COC(=O)OCCO. The molecular formula is C7H10O4. The summed E-state index contributed by atoms with van der Waals surface area (Å²) in [5.74, 6) is 0. The molecule has 0 aromatic heterocycles. The largest absolute Gasteiger partial charge is 0.513 e. The van der Waals surface area contributed by atoms with Crippen LogP contribution in [-0.2, 0) is 9.47 Å². The van der Waals surface area contributed by atoms with E-state index in [-0.39, 0.29) is 13.2 Å². The lowest BCUT2D eigenvalue weighted by Gasteiger charge is -1.98. The zero-order valence-corrected chi connectivity index (χ0v) is 6.03. The van der Waals surface area contributed by atoms with Gasteiger partial charge >= 0.3 is 6.16 Å². The van der Waals surface area contributed by atoms with Crippen LogP contribution < -0.4 is 0 Å². The van der Waals surface area contributed by atoms with E-state index in [1.165, 1.54) is 12.2 Å². The predicted octanol–water partition coefficient (Wildman–Crippen LogP) is 0.832. The van der Waals surface area contributed by atoms with Crippen molar-refractivity contribution >= 4 is 6.16 Å². The molecule has 0 unspecified atom stereocenters. The number of allylic oxidation sites excluding steroid dienone is 2. The molecule has 0 aliphatic heterocycles. The second-order valence-electron chi connectivity index (χ2n) is 1.50. The van der Waals surface area contributed by atoms with Crippen LogP contribution in [0.15, 0.2) is 25.0 Å². The molecular weight excluding hydrogens is 148 g/mol. The maximum Gasteiger partial charge on any atom is 0.513 e. The molecule has 0 aromatic carbocycles. The van der Waals surface area contributed by atoms with Crippen LogP contribution in [0.4, 0.5) is 4.79 Å². The van der Waals surface area contributed by atoms with Crippen molar-refractivity contribution in [3.05, 3.63) is 25.0 Å². The van der Waals surface area contributed by atoms with Gasteiger partial charge in [0.15, 0.2) is 0 Å². The molecule has 0 aromatic rings. The van der Waals surface area contributed by atoms with Gasteiger partial charge in [0, 0.05) is 0 Å². The van der Waals surface area contributed by atoms with Gasteiger partial charge in [0.25, 0.3) is 0 Å². The molecule has 0 amide bonds. The maximum atomic E-state index is 10.4. The maximum absolute atomic E-state index is 10.4.